The van der Waals surface area contributed by atoms with Gasteiger partial charge in [-0.25, -0.2) is 4.79 Å². The third kappa shape index (κ3) is 6.96. The molecule has 3 aliphatic heterocycles. The molecular weight excluding hydrogens is 697 g/mol. The first-order valence-corrected chi connectivity index (χ1v) is 16.5. The molecule has 0 aromatic heterocycles. The molecule has 14 heteroatoms. The predicted molar refractivity (Wildman–Crippen MR) is 178 cm³/mol. The quantitative estimate of drug-likeness (QED) is 0.228. The molecule has 2 saturated heterocycles. The smallest absolute Gasteiger partial charge is 0.362 e. The number of halogens is 3. The van der Waals surface area contributed by atoms with E-state index in [9.17, 15) is 14.4 Å². The van der Waals surface area contributed by atoms with E-state index in [1.165, 1.54) is 0 Å². The molecule has 3 aromatic rings. The van der Waals surface area contributed by atoms with Crippen LogP contribution in [-0.2, 0) is 21.5 Å². The Morgan fingerprint density at radius 1 is 1.04 bits per heavy atom. The topological polar surface area (TPSA) is 130 Å². The maximum Gasteiger partial charge on any atom is 0.362 e. The van der Waals surface area contributed by atoms with Crippen LogP contribution in [0.5, 0.6) is 0 Å². The van der Waals surface area contributed by atoms with Crippen molar-refractivity contribution in [3.05, 3.63) is 91.9 Å². The molecule has 3 aliphatic rings. The normalized spacial score (nSPS) is 20.8. The lowest BCUT2D eigenvalue weighted by atomic mass is 9.84. The van der Waals surface area contributed by atoms with Crippen LogP contribution >= 0.6 is 39.1 Å². The average Bonchev–Trinajstić information content (AvgIpc) is 3.30. The number of carbonyl (C=O) groups is 3. The number of nitrogens with zero attached hydrogens (tertiary/aromatic N) is 5. The molecular formula is C32H31BrCl2N7O4+. The van der Waals surface area contributed by atoms with Crippen LogP contribution in [0.15, 0.2) is 75.4 Å². The monoisotopic (exact) mass is 726 g/mol. The first kappa shape index (κ1) is 32.2. The summed E-state index contributed by atoms with van der Waals surface area (Å²) in [6.45, 7) is 3.24. The van der Waals surface area contributed by atoms with E-state index in [-0.39, 0.29) is 30.0 Å². The summed E-state index contributed by atoms with van der Waals surface area (Å²) in [6.07, 6.45) is 1.74. The first-order chi connectivity index (χ1) is 22.2. The number of amides is 4. The summed E-state index contributed by atoms with van der Waals surface area (Å²) in [5.41, 5.74) is 1.33. The number of urea groups is 1. The van der Waals surface area contributed by atoms with Crippen molar-refractivity contribution >= 4 is 68.4 Å². The second kappa shape index (κ2) is 13.9. The van der Waals surface area contributed by atoms with Gasteiger partial charge in [-0.1, -0.05) is 57.3 Å². The molecule has 6 rings (SSSR count). The lowest BCUT2D eigenvalue weighted by Crippen LogP contribution is -2.51. The number of ether oxygens (including phenoxy) is 1. The number of fused-ring (bicyclic) bond motifs is 1. The summed E-state index contributed by atoms with van der Waals surface area (Å²) < 4.78 is 6.04. The van der Waals surface area contributed by atoms with Crippen LogP contribution in [0.3, 0.4) is 0 Å². The second-order valence-electron chi connectivity index (χ2n) is 11.4. The van der Waals surface area contributed by atoms with E-state index in [2.05, 4.69) is 41.7 Å². The number of likely N-dealkylation sites (tertiary alicyclic amines) is 1. The van der Waals surface area contributed by atoms with E-state index in [4.69, 9.17) is 27.9 Å². The highest BCUT2D eigenvalue weighted by molar-refractivity contribution is 9.10. The van der Waals surface area contributed by atoms with Crippen LogP contribution in [0.4, 0.5) is 16.2 Å². The van der Waals surface area contributed by atoms with Crippen molar-refractivity contribution in [1.82, 2.24) is 14.7 Å². The molecule has 3 aromatic carbocycles. The summed E-state index contributed by atoms with van der Waals surface area (Å²) in [6, 6.07) is 17.2. The molecule has 0 saturated carbocycles. The molecule has 0 radical (unpaired) electrons. The van der Waals surface area contributed by atoms with Gasteiger partial charge in [-0.05, 0) is 60.9 Å². The van der Waals surface area contributed by atoms with Crippen molar-refractivity contribution in [1.29, 1.82) is 0 Å². The molecule has 3 heterocycles. The number of nitrogens with one attached hydrogen (secondary N) is 2. The highest BCUT2D eigenvalue weighted by atomic mass is 79.9. The molecule has 11 nitrogen and oxygen atoms in total. The van der Waals surface area contributed by atoms with Gasteiger partial charge >= 0.3 is 11.9 Å². The third-order valence-corrected chi connectivity index (χ3v) is 9.26. The Kier molecular flexibility index (Phi) is 9.72. The maximum absolute atomic E-state index is 13.8. The van der Waals surface area contributed by atoms with Crippen LogP contribution in [0, 0.1) is 0 Å². The van der Waals surface area contributed by atoms with Crippen molar-refractivity contribution < 1.29 is 19.1 Å². The lowest BCUT2D eigenvalue weighted by molar-refractivity contribution is -0.119. The van der Waals surface area contributed by atoms with Crippen molar-refractivity contribution in [2.75, 3.05) is 50.0 Å². The minimum Gasteiger partial charge on any atom is -0.378 e. The Labute approximate surface area is 284 Å². The average molecular weight is 728 g/mol. The molecule has 1 unspecified atom stereocenters. The van der Waals surface area contributed by atoms with Crippen LogP contribution in [0.25, 0.3) is 0 Å². The Morgan fingerprint density at radius 2 is 1.85 bits per heavy atom. The van der Waals surface area contributed by atoms with E-state index in [1.54, 1.807) is 58.3 Å². The predicted octanol–water partition coefficient (Wildman–Crippen LogP) is 6.29. The van der Waals surface area contributed by atoms with Crippen LogP contribution in [0.1, 0.15) is 34.3 Å². The van der Waals surface area contributed by atoms with Gasteiger partial charge in [0.15, 0.2) is 6.04 Å². The standard InChI is InChI=1S/C32H30BrCl2N7O4/c33-21-6-8-25(29(43)39-40-38-24-5-2-10-42(19-24)31(45)41-11-13-46-14-12-41)27(16-21)37-32(18-20-3-1-4-22(34)15-20)26-9-7-23(35)17-28(26)36-30(32)44/h1,3-4,6-9,15-17,24H,2,5,10-14,18-19H2,(H-,36,37,43,44)/p+1/t24-,32?/m0/s1. The number of hydrogen-bond donors (Lipinski definition) is 2. The fourth-order valence-corrected chi connectivity index (χ4v) is 6.79. The third-order valence-electron chi connectivity index (χ3n) is 8.29. The Balaban J connectivity index is 1.26. The van der Waals surface area contributed by atoms with Gasteiger partial charge in [0.25, 0.3) is 5.91 Å². The molecule has 2 atom stereocenters. The number of hydrogen-bond acceptors (Lipinski definition) is 6. The SMILES string of the molecule is O=C(N=[N+]=N[C@H]1CCCN(C(=O)N2CCOCC2)C1)c1ccc(Br)cc1NC1(Cc2cccc(Cl)c2)C(=O)Nc2cc(Cl)ccc21. The summed E-state index contributed by atoms with van der Waals surface area (Å²) in [5, 5.41) is 15.5. The first-order valence-electron chi connectivity index (χ1n) is 14.9. The zero-order valence-corrected chi connectivity index (χ0v) is 27.8. The molecule has 4 amide bonds. The van der Waals surface area contributed by atoms with Crippen LogP contribution < -0.4 is 15.5 Å². The Hall–Kier alpha value is -3.80. The molecule has 2 fully saturated rings. The molecule has 238 valence electrons. The maximum atomic E-state index is 13.8. The second-order valence-corrected chi connectivity index (χ2v) is 13.2. The number of morpholine rings is 1. The van der Waals surface area contributed by atoms with Crippen molar-refractivity contribution in [3.63, 3.8) is 0 Å². The van der Waals surface area contributed by atoms with E-state index < -0.39 is 11.4 Å². The van der Waals surface area contributed by atoms with Crippen molar-refractivity contribution in [3.8, 4) is 0 Å². The van der Waals surface area contributed by atoms with Gasteiger partial charge < -0.3 is 25.2 Å². The van der Waals surface area contributed by atoms with Crippen LogP contribution in [0.2, 0.25) is 10.0 Å². The van der Waals surface area contributed by atoms with E-state index in [0.717, 1.165) is 18.4 Å². The molecule has 2 N–H and O–H groups in total. The minimum absolute atomic E-state index is 0.0340. The van der Waals surface area contributed by atoms with Crippen molar-refractivity contribution in [2.24, 2.45) is 10.2 Å². The van der Waals surface area contributed by atoms with Gasteiger partial charge in [0.1, 0.15) is 10.7 Å². The number of carbonyl (C=O) groups excluding carboxylic acids is 3. The number of piperidine rings is 1. The highest BCUT2D eigenvalue weighted by Gasteiger charge is 2.47. The Bertz CT molecular complexity index is 1750. The van der Waals surface area contributed by atoms with Gasteiger partial charge in [0, 0.05) is 57.5 Å². The zero-order valence-electron chi connectivity index (χ0n) is 24.7. The van der Waals surface area contributed by atoms with Crippen molar-refractivity contribution in [2.45, 2.75) is 30.8 Å². The van der Waals surface area contributed by atoms with E-state index >= 15 is 0 Å². The van der Waals surface area contributed by atoms with Gasteiger partial charge in [0.05, 0.1) is 25.3 Å². The number of benzene rings is 3. The van der Waals surface area contributed by atoms with E-state index in [1.807, 2.05) is 12.1 Å². The molecule has 0 spiro atoms. The van der Waals surface area contributed by atoms with Gasteiger partial charge in [-0.15, -0.1) is 0 Å². The summed E-state index contributed by atoms with van der Waals surface area (Å²) in [5.74, 6) is -0.948. The molecule has 0 bridgehead atoms. The lowest BCUT2D eigenvalue weighted by Gasteiger charge is -2.35. The Morgan fingerprint density at radius 3 is 2.65 bits per heavy atom. The summed E-state index contributed by atoms with van der Waals surface area (Å²) in [7, 11) is 0. The van der Waals surface area contributed by atoms with Gasteiger partial charge in [-0.2, -0.15) is 0 Å². The minimum atomic E-state index is -1.31. The van der Waals surface area contributed by atoms with Crippen LogP contribution in [-0.4, -0.2) is 73.1 Å². The van der Waals surface area contributed by atoms with E-state index in [0.29, 0.717) is 70.8 Å². The molecule has 46 heavy (non-hydrogen) atoms. The summed E-state index contributed by atoms with van der Waals surface area (Å²) >= 11 is 16.1. The number of anilines is 2. The fourth-order valence-electron chi connectivity index (χ4n) is 6.05. The van der Waals surface area contributed by atoms with Gasteiger partial charge in [-0.3, -0.25) is 9.59 Å². The van der Waals surface area contributed by atoms with Gasteiger partial charge in [0.2, 0.25) is 10.0 Å². The summed E-state index contributed by atoms with van der Waals surface area (Å²) in [4.78, 5) is 47.7. The largest absolute Gasteiger partial charge is 0.378 e. The molecule has 0 aliphatic carbocycles. The highest BCUT2D eigenvalue weighted by Crippen LogP contribution is 2.43. The fraction of sp³-hybridized carbons (Fsp3) is 0.344. The number of rotatable bonds is 6. The zero-order chi connectivity index (χ0) is 32.3.